The second-order valence-corrected chi connectivity index (χ2v) is 8.68. The van der Waals surface area contributed by atoms with E-state index in [1.165, 1.54) is 19.3 Å². The van der Waals surface area contributed by atoms with E-state index in [-0.39, 0.29) is 5.56 Å². The number of nitrogens with zero attached hydrogens (tertiary/aromatic N) is 6. The molecule has 0 aliphatic carbocycles. The fourth-order valence-corrected chi connectivity index (χ4v) is 4.43. The number of rotatable bonds is 10. The number of aromatic nitrogens is 4. The molecule has 1 aromatic carbocycles. The van der Waals surface area contributed by atoms with Crippen molar-refractivity contribution in [3.8, 4) is 5.82 Å². The zero-order chi connectivity index (χ0) is 22.2. The number of hydrogen-bond donors (Lipinski definition) is 0. The highest BCUT2D eigenvalue weighted by Gasteiger charge is 2.18. The zero-order valence-electron chi connectivity index (χ0n) is 18.4. The monoisotopic (exact) mass is 454 g/mol. The fraction of sp³-hybridized carbons (Fsp3) is 0.458. The molecule has 0 radical (unpaired) electrons. The van der Waals surface area contributed by atoms with Crippen LogP contribution in [-0.2, 0) is 6.54 Å². The van der Waals surface area contributed by atoms with Crippen LogP contribution in [0.5, 0.6) is 0 Å². The van der Waals surface area contributed by atoms with Crippen LogP contribution >= 0.6 is 11.6 Å². The van der Waals surface area contributed by atoms with E-state index in [1.807, 2.05) is 22.9 Å². The normalized spacial score (nSPS) is 14.7. The van der Waals surface area contributed by atoms with Crippen molar-refractivity contribution in [3.05, 3.63) is 70.5 Å². The van der Waals surface area contributed by atoms with E-state index in [9.17, 15) is 4.79 Å². The Balaban J connectivity index is 1.10. The number of para-hydroxylation sites is 1. The zero-order valence-corrected chi connectivity index (χ0v) is 19.2. The molecular formula is C24H31ClN6O. The Morgan fingerprint density at radius 2 is 1.62 bits per heavy atom. The van der Waals surface area contributed by atoms with Crippen LogP contribution in [0.15, 0.2) is 59.9 Å². The topological polar surface area (TPSA) is 59.2 Å². The lowest BCUT2D eigenvalue weighted by Crippen LogP contribution is -2.46. The van der Waals surface area contributed by atoms with E-state index < -0.39 is 0 Å². The first-order chi connectivity index (χ1) is 15.7. The summed E-state index contributed by atoms with van der Waals surface area (Å²) in [4.78, 5) is 21.0. The van der Waals surface area contributed by atoms with Crippen molar-refractivity contribution in [2.45, 2.75) is 38.6 Å². The molecule has 0 N–H and O–H groups in total. The minimum absolute atomic E-state index is 0.0511. The molecule has 4 rings (SSSR count). The predicted molar refractivity (Wildman–Crippen MR) is 129 cm³/mol. The van der Waals surface area contributed by atoms with Gasteiger partial charge in [0.2, 0.25) is 0 Å². The molecule has 170 valence electrons. The lowest BCUT2D eigenvalue weighted by atomic mass is 10.1. The lowest BCUT2D eigenvalue weighted by Gasteiger charge is -2.36. The summed E-state index contributed by atoms with van der Waals surface area (Å²) in [7, 11) is 0. The van der Waals surface area contributed by atoms with Crippen molar-refractivity contribution in [2.24, 2.45) is 0 Å². The van der Waals surface area contributed by atoms with Crippen molar-refractivity contribution in [2.75, 3.05) is 37.6 Å². The van der Waals surface area contributed by atoms with Gasteiger partial charge in [0.05, 0.1) is 10.7 Å². The summed E-state index contributed by atoms with van der Waals surface area (Å²) in [6, 6.07) is 11.4. The lowest BCUT2D eigenvalue weighted by molar-refractivity contribution is 0.252. The molecule has 0 saturated carbocycles. The first-order valence-corrected chi connectivity index (χ1v) is 11.9. The molecule has 0 bridgehead atoms. The molecule has 1 saturated heterocycles. The molecule has 2 aromatic heterocycles. The summed E-state index contributed by atoms with van der Waals surface area (Å²) in [6.07, 6.45) is 10.9. The number of halogens is 1. The first-order valence-electron chi connectivity index (χ1n) is 11.5. The molecule has 0 spiro atoms. The Labute approximate surface area is 194 Å². The van der Waals surface area contributed by atoms with Crippen molar-refractivity contribution in [1.82, 2.24) is 24.2 Å². The minimum Gasteiger partial charge on any atom is -0.368 e. The third-order valence-electron chi connectivity index (χ3n) is 6.03. The van der Waals surface area contributed by atoms with E-state index in [4.69, 9.17) is 11.6 Å². The van der Waals surface area contributed by atoms with E-state index in [1.54, 1.807) is 29.3 Å². The van der Waals surface area contributed by atoms with Gasteiger partial charge < -0.3 is 4.90 Å². The van der Waals surface area contributed by atoms with Gasteiger partial charge in [-0.3, -0.25) is 14.3 Å². The summed E-state index contributed by atoms with van der Waals surface area (Å²) < 4.78 is 3.37. The number of unbranched alkanes of at least 4 members (excludes halogenated alkanes) is 4. The van der Waals surface area contributed by atoms with Gasteiger partial charge in [0, 0.05) is 51.2 Å². The molecule has 3 aromatic rings. The van der Waals surface area contributed by atoms with Crippen LogP contribution in [0.3, 0.4) is 0 Å². The molecule has 1 fully saturated rings. The summed E-state index contributed by atoms with van der Waals surface area (Å²) >= 11 is 6.34. The number of anilines is 1. The third-order valence-corrected chi connectivity index (χ3v) is 6.35. The van der Waals surface area contributed by atoms with Crippen LogP contribution in [0.4, 0.5) is 5.69 Å². The predicted octanol–water partition coefficient (Wildman–Crippen LogP) is 3.86. The van der Waals surface area contributed by atoms with Crippen molar-refractivity contribution in [3.63, 3.8) is 0 Å². The van der Waals surface area contributed by atoms with Crippen molar-refractivity contribution in [1.29, 1.82) is 0 Å². The van der Waals surface area contributed by atoms with E-state index in [0.717, 1.165) is 62.1 Å². The maximum atomic E-state index is 12.1. The first kappa shape index (κ1) is 22.6. The van der Waals surface area contributed by atoms with Crippen molar-refractivity contribution >= 4 is 17.3 Å². The Kier molecular flexibility index (Phi) is 7.96. The van der Waals surface area contributed by atoms with Crippen molar-refractivity contribution < 1.29 is 0 Å². The molecule has 7 nitrogen and oxygen atoms in total. The Bertz CT molecular complexity index is 1030. The molecule has 32 heavy (non-hydrogen) atoms. The van der Waals surface area contributed by atoms with Crippen LogP contribution in [0.25, 0.3) is 5.82 Å². The van der Waals surface area contributed by atoms with Gasteiger partial charge in [0.15, 0.2) is 5.82 Å². The van der Waals surface area contributed by atoms with E-state index in [2.05, 4.69) is 32.0 Å². The average molecular weight is 455 g/mol. The smallest absolute Gasteiger partial charge is 0.266 e. The van der Waals surface area contributed by atoms with Gasteiger partial charge in [-0.2, -0.15) is 5.10 Å². The molecular weight excluding hydrogens is 424 g/mol. The third kappa shape index (κ3) is 5.99. The molecule has 1 aliphatic heterocycles. The van der Waals surface area contributed by atoms with Crippen LogP contribution in [-0.4, -0.2) is 57.0 Å². The number of aryl methyl sites for hydroxylation is 1. The van der Waals surface area contributed by atoms with Crippen LogP contribution in [0.1, 0.15) is 32.1 Å². The maximum absolute atomic E-state index is 12.1. The van der Waals surface area contributed by atoms with Crippen LogP contribution in [0, 0.1) is 0 Å². The quantitative estimate of drug-likeness (QED) is 0.435. The second-order valence-electron chi connectivity index (χ2n) is 8.27. The Morgan fingerprint density at radius 3 is 2.38 bits per heavy atom. The molecule has 0 atom stereocenters. The van der Waals surface area contributed by atoms with Gasteiger partial charge >= 0.3 is 0 Å². The number of hydrogen-bond acceptors (Lipinski definition) is 5. The number of benzene rings is 1. The summed E-state index contributed by atoms with van der Waals surface area (Å²) in [5, 5.41) is 5.29. The highest BCUT2D eigenvalue weighted by Crippen LogP contribution is 2.26. The van der Waals surface area contributed by atoms with Crippen LogP contribution < -0.4 is 10.5 Å². The van der Waals surface area contributed by atoms with Gasteiger partial charge in [-0.25, -0.2) is 9.67 Å². The summed E-state index contributed by atoms with van der Waals surface area (Å²) in [5.74, 6) is 0.719. The molecule has 8 heteroatoms. The Morgan fingerprint density at radius 1 is 0.875 bits per heavy atom. The van der Waals surface area contributed by atoms with Gasteiger partial charge in [0.1, 0.15) is 6.33 Å². The van der Waals surface area contributed by atoms with Gasteiger partial charge in [-0.1, -0.05) is 43.0 Å². The standard InChI is InChI=1S/C24H31ClN6O/c25-21-8-4-5-9-22(21)29-18-16-28(17-19-29)13-6-2-1-3-7-14-31-24(32)11-10-23(27-31)30-15-12-26-20-30/h4-5,8-12,15,20H,1-3,6-7,13-14,16-19H2. The number of piperazine rings is 1. The van der Waals surface area contributed by atoms with E-state index in [0.29, 0.717) is 6.54 Å². The minimum atomic E-state index is -0.0511. The molecule has 0 amide bonds. The highest BCUT2D eigenvalue weighted by molar-refractivity contribution is 6.33. The van der Waals surface area contributed by atoms with Gasteiger partial charge in [-0.05, 0) is 37.6 Å². The molecule has 1 aliphatic rings. The fourth-order valence-electron chi connectivity index (χ4n) is 4.18. The Hall–Kier alpha value is -2.64. The largest absolute Gasteiger partial charge is 0.368 e. The van der Waals surface area contributed by atoms with Crippen LogP contribution in [0.2, 0.25) is 5.02 Å². The molecule has 0 unspecified atom stereocenters. The number of imidazole rings is 1. The summed E-state index contributed by atoms with van der Waals surface area (Å²) in [5.41, 5.74) is 1.10. The highest BCUT2D eigenvalue weighted by atomic mass is 35.5. The van der Waals surface area contributed by atoms with Gasteiger partial charge in [0.25, 0.3) is 5.56 Å². The van der Waals surface area contributed by atoms with E-state index >= 15 is 0 Å². The van der Waals surface area contributed by atoms with Gasteiger partial charge in [-0.15, -0.1) is 0 Å². The average Bonchev–Trinajstić information content (AvgIpc) is 3.35. The molecule has 3 heterocycles. The second kappa shape index (κ2) is 11.3. The maximum Gasteiger partial charge on any atom is 0.266 e. The SMILES string of the molecule is O=c1ccc(-n2ccnc2)nn1CCCCCCCN1CCN(c2ccccc2Cl)CC1. The summed E-state index contributed by atoms with van der Waals surface area (Å²) in [6.45, 7) is 6.06.